The monoisotopic (exact) mass is 466 g/mol. The molecule has 4 heterocycles. The normalized spacial score (nSPS) is 23.1. The van der Waals surface area contributed by atoms with Crippen molar-refractivity contribution >= 4 is 11.7 Å². The van der Waals surface area contributed by atoms with E-state index < -0.39 is 23.5 Å². The molecule has 0 amide bonds. The van der Waals surface area contributed by atoms with E-state index in [1.54, 1.807) is 36.4 Å². The fraction of sp³-hybridized carbons (Fsp3) is 0.280. The van der Waals surface area contributed by atoms with Crippen LogP contribution in [-0.2, 0) is 10.3 Å². The third-order valence-corrected chi connectivity index (χ3v) is 6.69. The SMILES string of the molecule is NC1=N[C@@]2(CCO1)c1cc(-c3cccnc3F)ccc1Oc1c(F)cc(N3CC[C@@H](F)C3)cc12. The number of nitrogens with two attached hydrogens (primary N) is 1. The lowest BCUT2D eigenvalue weighted by Gasteiger charge is -2.40. The lowest BCUT2D eigenvalue weighted by Crippen LogP contribution is -2.39. The van der Waals surface area contributed by atoms with E-state index in [0.717, 1.165) is 0 Å². The first kappa shape index (κ1) is 20.8. The van der Waals surface area contributed by atoms with E-state index in [0.29, 0.717) is 53.1 Å². The third-order valence-electron chi connectivity index (χ3n) is 6.69. The first-order valence-corrected chi connectivity index (χ1v) is 11.1. The number of amidine groups is 1. The lowest BCUT2D eigenvalue weighted by atomic mass is 9.76. The number of nitrogens with zero attached hydrogens (tertiary/aromatic N) is 3. The molecule has 174 valence electrons. The summed E-state index contributed by atoms with van der Waals surface area (Å²) in [4.78, 5) is 10.2. The molecule has 1 fully saturated rings. The van der Waals surface area contributed by atoms with Crippen molar-refractivity contribution in [1.29, 1.82) is 0 Å². The average molecular weight is 466 g/mol. The Morgan fingerprint density at radius 1 is 1.12 bits per heavy atom. The van der Waals surface area contributed by atoms with Gasteiger partial charge in [-0.2, -0.15) is 4.39 Å². The van der Waals surface area contributed by atoms with Gasteiger partial charge in [-0.3, -0.25) is 0 Å². The number of alkyl halides is 1. The molecule has 0 saturated carbocycles. The van der Waals surface area contributed by atoms with Crippen LogP contribution in [0.3, 0.4) is 0 Å². The molecule has 6 nitrogen and oxygen atoms in total. The van der Waals surface area contributed by atoms with Crippen LogP contribution in [0.4, 0.5) is 18.9 Å². The highest BCUT2D eigenvalue weighted by atomic mass is 19.1. The second kappa shape index (κ2) is 7.65. The molecular formula is C25H21F3N4O2. The van der Waals surface area contributed by atoms with Gasteiger partial charge in [-0.25, -0.2) is 18.8 Å². The van der Waals surface area contributed by atoms with Gasteiger partial charge in [0.15, 0.2) is 11.6 Å². The quantitative estimate of drug-likeness (QED) is 0.557. The highest BCUT2D eigenvalue weighted by Crippen LogP contribution is 2.54. The largest absolute Gasteiger partial charge is 0.465 e. The van der Waals surface area contributed by atoms with Crippen LogP contribution in [-0.4, -0.2) is 36.9 Å². The maximum absolute atomic E-state index is 15.4. The Kier molecular flexibility index (Phi) is 4.68. The van der Waals surface area contributed by atoms with Crippen LogP contribution in [0.5, 0.6) is 11.5 Å². The van der Waals surface area contributed by atoms with Crippen LogP contribution in [0.2, 0.25) is 0 Å². The Morgan fingerprint density at radius 2 is 2.00 bits per heavy atom. The second-order valence-electron chi connectivity index (χ2n) is 8.70. The summed E-state index contributed by atoms with van der Waals surface area (Å²) in [6.45, 7) is 0.937. The molecule has 0 unspecified atom stereocenters. The van der Waals surface area contributed by atoms with Crippen molar-refractivity contribution in [2.45, 2.75) is 24.6 Å². The van der Waals surface area contributed by atoms with Gasteiger partial charge in [-0.05, 0) is 42.3 Å². The second-order valence-corrected chi connectivity index (χ2v) is 8.70. The van der Waals surface area contributed by atoms with Gasteiger partial charge >= 0.3 is 0 Å². The molecule has 9 heteroatoms. The van der Waals surface area contributed by atoms with Crippen LogP contribution in [0.15, 0.2) is 53.7 Å². The molecule has 3 aliphatic heterocycles. The fourth-order valence-electron chi connectivity index (χ4n) is 5.06. The number of benzene rings is 2. The molecule has 0 bridgehead atoms. The van der Waals surface area contributed by atoms with E-state index in [9.17, 15) is 8.78 Å². The molecule has 1 spiro atoms. The Bertz CT molecular complexity index is 1330. The number of hydrogen-bond donors (Lipinski definition) is 1. The van der Waals surface area contributed by atoms with Crippen LogP contribution in [0.1, 0.15) is 24.0 Å². The van der Waals surface area contributed by atoms with Crippen molar-refractivity contribution < 1.29 is 22.6 Å². The molecule has 34 heavy (non-hydrogen) atoms. The van der Waals surface area contributed by atoms with Gasteiger partial charge in [-0.1, -0.05) is 6.07 Å². The molecule has 0 aliphatic carbocycles. The van der Waals surface area contributed by atoms with Gasteiger partial charge in [0, 0.05) is 54.2 Å². The van der Waals surface area contributed by atoms with Crippen molar-refractivity contribution in [3.8, 4) is 22.6 Å². The number of aromatic nitrogens is 1. The van der Waals surface area contributed by atoms with Crippen molar-refractivity contribution in [3.05, 3.63) is 71.6 Å². The maximum atomic E-state index is 15.4. The lowest BCUT2D eigenvalue weighted by molar-refractivity contribution is 0.218. The summed E-state index contributed by atoms with van der Waals surface area (Å²) in [5, 5.41) is 0. The predicted molar refractivity (Wildman–Crippen MR) is 121 cm³/mol. The summed E-state index contributed by atoms with van der Waals surface area (Å²) in [5.74, 6) is -0.726. The third kappa shape index (κ3) is 3.18. The molecule has 2 N–H and O–H groups in total. The summed E-state index contributed by atoms with van der Waals surface area (Å²) in [6.07, 6.45) is 1.18. The van der Waals surface area contributed by atoms with E-state index >= 15 is 4.39 Å². The van der Waals surface area contributed by atoms with Crippen LogP contribution >= 0.6 is 0 Å². The molecule has 0 radical (unpaired) electrons. The molecule has 3 aliphatic rings. The molecule has 2 atom stereocenters. The maximum Gasteiger partial charge on any atom is 0.283 e. The first-order chi connectivity index (χ1) is 16.4. The van der Waals surface area contributed by atoms with Crippen LogP contribution in [0.25, 0.3) is 11.1 Å². The van der Waals surface area contributed by atoms with E-state index in [1.165, 1.54) is 12.3 Å². The van der Waals surface area contributed by atoms with Gasteiger partial charge < -0.3 is 20.1 Å². The Hall–Kier alpha value is -3.75. The first-order valence-electron chi connectivity index (χ1n) is 11.1. The topological polar surface area (TPSA) is 73.0 Å². The number of fused-ring (bicyclic) bond motifs is 4. The number of rotatable bonds is 2. The average Bonchev–Trinajstić information content (AvgIpc) is 3.26. The van der Waals surface area contributed by atoms with Gasteiger partial charge in [0.1, 0.15) is 17.5 Å². The minimum atomic E-state index is -1.11. The van der Waals surface area contributed by atoms with Crippen molar-refractivity contribution in [2.75, 3.05) is 24.6 Å². The zero-order chi connectivity index (χ0) is 23.4. The standard InChI is InChI=1S/C25H21F3N4O2/c26-15-5-8-32(13-15)16-11-19-22(20(27)12-16)34-21-4-3-14(17-2-1-7-30-23(17)28)10-18(21)25(19)6-9-33-24(29)31-25/h1-4,7,10-12,15H,5-6,8-9,13H2,(H2,29,31)/t15-,25+/m1/s1. The number of ether oxygens (including phenoxy) is 2. The Morgan fingerprint density at radius 3 is 2.76 bits per heavy atom. The summed E-state index contributed by atoms with van der Waals surface area (Å²) in [7, 11) is 0. The van der Waals surface area contributed by atoms with Crippen molar-refractivity contribution in [3.63, 3.8) is 0 Å². The van der Waals surface area contributed by atoms with Gasteiger partial charge in [0.2, 0.25) is 5.95 Å². The number of halogens is 3. The summed E-state index contributed by atoms with van der Waals surface area (Å²) in [6, 6.07) is 11.6. The van der Waals surface area contributed by atoms with Crippen LogP contribution in [0, 0.1) is 11.8 Å². The van der Waals surface area contributed by atoms with Gasteiger partial charge in [0.05, 0.1) is 6.61 Å². The molecule has 1 aromatic heterocycles. The van der Waals surface area contributed by atoms with E-state index in [2.05, 4.69) is 9.98 Å². The summed E-state index contributed by atoms with van der Waals surface area (Å²) in [5.41, 5.74) is 7.45. The van der Waals surface area contributed by atoms with Crippen molar-refractivity contribution in [1.82, 2.24) is 4.98 Å². The Labute approximate surface area is 193 Å². The summed E-state index contributed by atoms with van der Waals surface area (Å²) >= 11 is 0. The van der Waals surface area contributed by atoms with Crippen molar-refractivity contribution in [2.24, 2.45) is 10.7 Å². The predicted octanol–water partition coefficient (Wildman–Crippen LogP) is 4.66. The number of pyridine rings is 1. The zero-order valence-corrected chi connectivity index (χ0v) is 18.1. The minimum Gasteiger partial charge on any atom is -0.465 e. The molecular weight excluding hydrogens is 445 g/mol. The smallest absolute Gasteiger partial charge is 0.283 e. The van der Waals surface area contributed by atoms with Gasteiger partial charge in [0.25, 0.3) is 6.02 Å². The zero-order valence-electron chi connectivity index (χ0n) is 18.1. The number of anilines is 1. The molecule has 1 saturated heterocycles. The van der Waals surface area contributed by atoms with Gasteiger partial charge in [-0.15, -0.1) is 0 Å². The number of hydrogen-bond acceptors (Lipinski definition) is 6. The van der Waals surface area contributed by atoms with E-state index in [-0.39, 0.29) is 24.9 Å². The summed E-state index contributed by atoms with van der Waals surface area (Å²) < 4.78 is 55.1. The van der Waals surface area contributed by atoms with E-state index in [1.807, 2.05) is 4.90 Å². The highest BCUT2D eigenvalue weighted by molar-refractivity contribution is 5.77. The van der Waals surface area contributed by atoms with Crippen LogP contribution < -0.4 is 15.4 Å². The molecule has 3 aromatic rings. The minimum absolute atomic E-state index is 0.0289. The van der Waals surface area contributed by atoms with E-state index in [4.69, 9.17) is 15.2 Å². The Balaban J connectivity index is 1.57. The fourth-order valence-corrected chi connectivity index (χ4v) is 5.06. The molecule has 6 rings (SSSR count). The molecule has 2 aromatic carbocycles. The number of aliphatic imine (C=N–C) groups is 1. The highest BCUT2D eigenvalue weighted by Gasteiger charge is 2.46.